The lowest BCUT2D eigenvalue weighted by Crippen LogP contribution is -2.51. The summed E-state index contributed by atoms with van der Waals surface area (Å²) in [6, 6.07) is 7.56. The van der Waals surface area contributed by atoms with Crippen LogP contribution in [0.4, 0.5) is 23.2 Å². The number of phenols is 1. The van der Waals surface area contributed by atoms with Crippen LogP contribution in [0.25, 0.3) is 0 Å². The van der Waals surface area contributed by atoms with Gasteiger partial charge in [-0.05, 0) is 48.2 Å². The number of phenolic OH excluding ortho intramolecular Hbond substituents is 1. The van der Waals surface area contributed by atoms with Crippen molar-refractivity contribution < 1.29 is 32.6 Å². The van der Waals surface area contributed by atoms with Crippen LogP contribution in [0.15, 0.2) is 45.3 Å². The molecular weight excluding hydrogens is 538 g/mol. The second-order valence-corrected chi connectivity index (χ2v) is 9.47. The van der Waals surface area contributed by atoms with Crippen molar-refractivity contribution >= 4 is 43.5 Å². The molecule has 0 aliphatic heterocycles. The van der Waals surface area contributed by atoms with Crippen LogP contribution in [0, 0.1) is 5.82 Å². The predicted molar refractivity (Wildman–Crippen MR) is 112 cm³/mol. The molecule has 1 amide bonds. The molecule has 0 fully saturated rings. The minimum Gasteiger partial charge on any atom is -0.508 e. The Morgan fingerprint density at radius 2 is 1.63 bits per heavy atom. The largest absolute Gasteiger partial charge is 0.508 e. The number of anilines is 1. The van der Waals surface area contributed by atoms with E-state index in [4.69, 9.17) is 0 Å². The quantitative estimate of drug-likeness (QED) is 0.380. The predicted octanol–water partition coefficient (Wildman–Crippen LogP) is 6.05. The lowest BCUT2D eigenvalue weighted by atomic mass is 9.73. The number of carbonyl (C=O) groups is 1. The van der Waals surface area contributed by atoms with Gasteiger partial charge in [-0.25, -0.2) is 4.39 Å². The topological polar surface area (TPSA) is 69.6 Å². The third-order valence-electron chi connectivity index (χ3n) is 4.55. The zero-order valence-electron chi connectivity index (χ0n) is 15.9. The van der Waals surface area contributed by atoms with Crippen LogP contribution in [0.3, 0.4) is 0 Å². The summed E-state index contributed by atoms with van der Waals surface area (Å²) in [5, 5.41) is 22.8. The molecule has 0 spiro atoms. The molecule has 2 rings (SSSR count). The summed E-state index contributed by atoms with van der Waals surface area (Å²) in [4.78, 5) is 12.3. The molecule has 0 radical (unpaired) electrons. The zero-order chi connectivity index (χ0) is 22.9. The molecule has 0 saturated heterocycles. The molecule has 0 aliphatic carbocycles. The summed E-state index contributed by atoms with van der Waals surface area (Å²) in [5.41, 5.74) is -4.80. The first-order valence-corrected chi connectivity index (χ1v) is 10.3. The van der Waals surface area contributed by atoms with Gasteiger partial charge in [0.25, 0.3) is 0 Å². The van der Waals surface area contributed by atoms with Crippen LogP contribution in [0.2, 0.25) is 0 Å². The van der Waals surface area contributed by atoms with E-state index in [1.165, 1.54) is 26.0 Å². The Labute approximate surface area is 187 Å². The molecule has 0 aromatic heterocycles. The van der Waals surface area contributed by atoms with Gasteiger partial charge in [0.1, 0.15) is 11.6 Å². The van der Waals surface area contributed by atoms with E-state index in [2.05, 4.69) is 37.2 Å². The van der Waals surface area contributed by atoms with Crippen molar-refractivity contribution in [1.29, 1.82) is 0 Å². The third kappa shape index (κ3) is 5.95. The van der Waals surface area contributed by atoms with Crippen molar-refractivity contribution in [3.05, 3.63) is 56.7 Å². The minimum absolute atomic E-state index is 0.110. The number of benzene rings is 2. The maximum Gasteiger partial charge on any atom is 0.417 e. The number of hydrogen-bond acceptors (Lipinski definition) is 3. The van der Waals surface area contributed by atoms with Crippen LogP contribution in [-0.4, -0.2) is 27.9 Å². The number of alkyl halides is 3. The van der Waals surface area contributed by atoms with E-state index in [0.29, 0.717) is 8.95 Å². The smallest absolute Gasteiger partial charge is 0.417 e. The Morgan fingerprint density at radius 1 is 1.07 bits per heavy atom. The molecule has 0 saturated carbocycles. The van der Waals surface area contributed by atoms with E-state index in [1.54, 1.807) is 6.07 Å². The van der Waals surface area contributed by atoms with Gasteiger partial charge in [-0.15, -0.1) is 0 Å². The van der Waals surface area contributed by atoms with Gasteiger partial charge < -0.3 is 15.5 Å². The van der Waals surface area contributed by atoms with Crippen LogP contribution in [0.1, 0.15) is 32.3 Å². The Morgan fingerprint density at radius 3 is 2.17 bits per heavy atom. The second kappa shape index (κ2) is 8.84. The van der Waals surface area contributed by atoms with E-state index in [1.807, 2.05) is 0 Å². The Kier molecular flexibility index (Phi) is 7.25. The van der Waals surface area contributed by atoms with Crippen molar-refractivity contribution in [3.8, 4) is 5.75 Å². The Hall–Kier alpha value is -1.65. The van der Waals surface area contributed by atoms with E-state index in [-0.39, 0.29) is 11.3 Å². The van der Waals surface area contributed by atoms with Crippen molar-refractivity contribution in [3.63, 3.8) is 0 Å². The van der Waals surface area contributed by atoms with Crippen molar-refractivity contribution in [2.24, 2.45) is 0 Å². The number of halogens is 6. The molecular formula is C20H19Br2F4NO3. The maximum absolute atomic E-state index is 13.8. The number of rotatable bonds is 6. The highest BCUT2D eigenvalue weighted by Gasteiger charge is 2.57. The third-order valence-corrected chi connectivity index (χ3v) is 5.46. The molecule has 1 unspecified atom stereocenters. The van der Waals surface area contributed by atoms with Gasteiger partial charge in [-0.2, -0.15) is 13.2 Å². The summed E-state index contributed by atoms with van der Waals surface area (Å²) < 4.78 is 56.1. The Balaban J connectivity index is 2.31. The van der Waals surface area contributed by atoms with E-state index >= 15 is 0 Å². The normalized spacial score (nSPS) is 14.3. The van der Waals surface area contributed by atoms with Crippen molar-refractivity contribution in [1.82, 2.24) is 0 Å². The van der Waals surface area contributed by atoms with Gasteiger partial charge in [-0.1, -0.05) is 45.7 Å². The number of amides is 1. The van der Waals surface area contributed by atoms with Gasteiger partial charge in [0.05, 0.1) is 6.42 Å². The summed E-state index contributed by atoms with van der Waals surface area (Å²) in [5.74, 6) is -2.21. The van der Waals surface area contributed by atoms with Gasteiger partial charge in [0.15, 0.2) is 5.60 Å². The molecule has 0 aliphatic rings. The van der Waals surface area contributed by atoms with Gasteiger partial charge in [0, 0.05) is 20.2 Å². The molecule has 30 heavy (non-hydrogen) atoms. The van der Waals surface area contributed by atoms with Gasteiger partial charge in [0.2, 0.25) is 5.91 Å². The molecule has 10 heteroatoms. The molecule has 0 heterocycles. The van der Waals surface area contributed by atoms with Gasteiger partial charge in [-0.3, -0.25) is 4.79 Å². The van der Waals surface area contributed by atoms with Crippen molar-refractivity contribution in [2.75, 3.05) is 5.32 Å². The lowest BCUT2D eigenvalue weighted by molar-refractivity contribution is -0.266. The zero-order valence-corrected chi connectivity index (χ0v) is 19.1. The standard InChI is InChI=1S/C20H19Br2F4NO3/c1-18(2,15-8-13(23)3-4-16(15)28)10-19(30,20(24,25)26)9-17(29)27-14-6-11(21)5-12(22)7-14/h3-8,28,30H,9-10H2,1-2H3,(H,27,29). The molecule has 3 N–H and O–H groups in total. The van der Waals surface area contributed by atoms with Crippen LogP contribution in [-0.2, 0) is 10.2 Å². The fraction of sp³-hybridized carbons (Fsp3) is 0.350. The number of aromatic hydroxyl groups is 1. The number of aliphatic hydroxyl groups is 1. The summed E-state index contributed by atoms with van der Waals surface area (Å²) in [7, 11) is 0. The molecule has 0 bridgehead atoms. The Bertz CT molecular complexity index is 930. The minimum atomic E-state index is -5.15. The van der Waals surface area contributed by atoms with E-state index in [9.17, 15) is 32.6 Å². The highest BCUT2D eigenvalue weighted by atomic mass is 79.9. The summed E-state index contributed by atoms with van der Waals surface area (Å²) in [6.07, 6.45) is -7.40. The first-order chi connectivity index (χ1) is 13.6. The second-order valence-electron chi connectivity index (χ2n) is 7.63. The fourth-order valence-electron chi connectivity index (χ4n) is 3.24. The fourth-order valence-corrected chi connectivity index (χ4v) is 4.53. The SMILES string of the molecule is CC(C)(CC(O)(CC(=O)Nc1cc(Br)cc(Br)c1)C(F)(F)F)c1cc(F)ccc1O. The first-order valence-electron chi connectivity index (χ1n) is 8.67. The van der Waals surface area contributed by atoms with Gasteiger partial charge >= 0.3 is 6.18 Å². The summed E-state index contributed by atoms with van der Waals surface area (Å²) >= 11 is 6.42. The number of carbonyl (C=O) groups excluding carboxylic acids is 1. The highest BCUT2D eigenvalue weighted by molar-refractivity contribution is 9.11. The maximum atomic E-state index is 13.8. The van der Waals surface area contributed by atoms with E-state index in [0.717, 1.165) is 18.2 Å². The molecule has 4 nitrogen and oxygen atoms in total. The molecule has 2 aromatic carbocycles. The number of nitrogens with one attached hydrogen (secondary N) is 1. The van der Waals surface area contributed by atoms with E-state index < -0.39 is 47.5 Å². The highest BCUT2D eigenvalue weighted by Crippen LogP contribution is 2.45. The molecule has 2 aromatic rings. The van der Waals surface area contributed by atoms with Crippen molar-refractivity contribution in [2.45, 2.75) is 43.9 Å². The van der Waals surface area contributed by atoms with Crippen LogP contribution < -0.4 is 5.32 Å². The van der Waals surface area contributed by atoms with Crippen LogP contribution in [0.5, 0.6) is 5.75 Å². The molecule has 1 atom stereocenters. The lowest BCUT2D eigenvalue weighted by Gasteiger charge is -2.37. The average Bonchev–Trinajstić information content (AvgIpc) is 2.54. The average molecular weight is 557 g/mol. The summed E-state index contributed by atoms with van der Waals surface area (Å²) in [6.45, 7) is 2.64. The number of hydrogen-bond donors (Lipinski definition) is 3. The molecule has 164 valence electrons. The van der Waals surface area contributed by atoms with Crippen LogP contribution >= 0.6 is 31.9 Å². The first kappa shape index (κ1) is 24.6. The monoisotopic (exact) mass is 555 g/mol.